The summed E-state index contributed by atoms with van der Waals surface area (Å²) < 4.78 is 2.20. The van der Waals surface area contributed by atoms with Gasteiger partial charge >= 0.3 is 0 Å². The number of unbranched alkanes of at least 4 members (excludes halogenated alkanes) is 2. The lowest BCUT2D eigenvalue weighted by molar-refractivity contribution is 0.205. The van der Waals surface area contributed by atoms with E-state index in [0.29, 0.717) is 5.70 Å². The first-order chi connectivity index (χ1) is 12.0. The fraction of sp³-hybridized carbons (Fsp3) is 0.476. The van der Waals surface area contributed by atoms with Gasteiger partial charge in [0.1, 0.15) is 5.82 Å². The van der Waals surface area contributed by atoms with Crippen LogP contribution in [0.2, 0.25) is 0 Å². The Labute approximate surface area is 151 Å². The van der Waals surface area contributed by atoms with Gasteiger partial charge in [0.15, 0.2) is 0 Å². The lowest BCUT2D eigenvalue weighted by atomic mass is 9.98. The smallest absolute Gasteiger partial charge is 0.109 e. The molecule has 1 aromatic heterocycles. The highest BCUT2D eigenvalue weighted by Gasteiger charge is 2.10. The molecule has 0 saturated carbocycles. The SMILES string of the molecule is C=C(/C=C/c1ccc2c(c1)nc(CCC(C)CCCCC)n2C)NO. The number of nitrogens with one attached hydrogen (secondary N) is 1. The van der Waals surface area contributed by atoms with Gasteiger partial charge in [-0.1, -0.05) is 58.3 Å². The maximum Gasteiger partial charge on any atom is 0.109 e. The molecule has 1 unspecified atom stereocenters. The van der Waals surface area contributed by atoms with Crippen molar-refractivity contribution in [2.24, 2.45) is 13.0 Å². The molecule has 4 heteroatoms. The van der Waals surface area contributed by atoms with Gasteiger partial charge < -0.3 is 4.57 Å². The summed E-state index contributed by atoms with van der Waals surface area (Å²) in [6, 6.07) is 6.23. The second-order valence-electron chi connectivity index (χ2n) is 6.95. The van der Waals surface area contributed by atoms with E-state index in [2.05, 4.69) is 50.2 Å². The Kier molecular flexibility index (Phi) is 7.26. The molecular formula is C21H31N3O. The normalized spacial score (nSPS) is 12.8. The standard InChI is InChI=1S/C21H31N3O/c1-5-6-7-8-16(2)9-14-21-22-19-15-18(11-10-17(3)23-25)12-13-20(19)24(21)4/h10-13,15-16,23,25H,3,5-9,14H2,1-2,4H3/b11-10+. The Bertz CT molecular complexity index is 730. The number of rotatable bonds is 10. The zero-order chi connectivity index (χ0) is 18.2. The van der Waals surface area contributed by atoms with Crippen LogP contribution in [-0.2, 0) is 13.5 Å². The second-order valence-corrected chi connectivity index (χ2v) is 6.95. The lowest BCUT2D eigenvalue weighted by Gasteiger charge is -2.10. The van der Waals surface area contributed by atoms with Gasteiger partial charge in [-0.15, -0.1) is 0 Å². The van der Waals surface area contributed by atoms with Crippen molar-refractivity contribution in [1.82, 2.24) is 15.0 Å². The first kappa shape index (κ1) is 19.3. The van der Waals surface area contributed by atoms with Crippen LogP contribution >= 0.6 is 0 Å². The van der Waals surface area contributed by atoms with E-state index in [0.717, 1.165) is 34.8 Å². The van der Waals surface area contributed by atoms with E-state index in [1.165, 1.54) is 32.1 Å². The van der Waals surface area contributed by atoms with Crippen LogP contribution in [0.5, 0.6) is 0 Å². The average Bonchev–Trinajstić information content (AvgIpc) is 2.93. The highest BCUT2D eigenvalue weighted by atomic mass is 16.5. The number of aromatic nitrogens is 2. The number of benzene rings is 1. The van der Waals surface area contributed by atoms with Crippen LogP contribution in [0.25, 0.3) is 17.1 Å². The largest absolute Gasteiger partial charge is 0.331 e. The number of nitrogens with zero attached hydrogens (tertiary/aromatic N) is 2. The van der Waals surface area contributed by atoms with Crippen molar-refractivity contribution in [3.05, 3.63) is 47.9 Å². The summed E-state index contributed by atoms with van der Waals surface area (Å²) >= 11 is 0. The first-order valence-electron chi connectivity index (χ1n) is 9.27. The number of aryl methyl sites for hydroxylation is 2. The Morgan fingerprint density at radius 3 is 2.88 bits per heavy atom. The van der Waals surface area contributed by atoms with Gasteiger partial charge in [0.2, 0.25) is 0 Å². The Morgan fingerprint density at radius 1 is 1.36 bits per heavy atom. The molecule has 136 valence electrons. The van der Waals surface area contributed by atoms with Crippen molar-refractivity contribution in [3.8, 4) is 0 Å². The molecule has 0 aliphatic heterocycles. The summed E-state index contributed by atoms with van der Waals surface area (Å²) in [5, 5.41) is 8.78. The molecule has 0 aliphatic rings. The molecule has 0 fully saturated rings. The minimum atomic E-state index is 0.457. The van der Waals surface area contributed by atoms with Crippen LogP contribution in [0, 0.1) is 5.92 Å². The lowest BCUT2D eigenvalue weighted by Crippen LogP contribution is -2.02. The van der Waals surface area contributed by atoms with E-state index < -0.39 is 0 Å². The van der Waals surface area contributed by atoms with E-state index in [1.807, 2.05) is 11.6 Å². The minimum absolute atomic E-state index is 0.457. The van der Waals surface area contributed by atoms with Crippen molar-refractivity contribution < 1.29 is 5.21 Å². The van der Waals surface area contributed by atoms with Gasteiger partial charge in [-0.25, -0.2) is 4.98 Å². The first-order valence-corrected chi connectivity index (χ1v) is 9.27. The van der Waals surface area contributed by atoms with E-state index in [-0.39, 0.29) is 0 Å². The highest BCUT2D eigenvalue weighted by molar-refractivity contribution is 5.79. The number of fused-ring (bicyclic) bond motifs is 1. The van der Waals surface area contributed by atoms with Crippen molar-refractivity contribution >= 4 is 17.1 Å². The van der Waals surface area contributed by atoms with Crippen LogP contribution < -0.4 is 5.48 Å². The molecule has 0 radical (unpaired) electrons. The van der Waals surface area contributed by atoms with Crippen molar-refractivity contribution in [2.75, 3.05) is 0 Å². The summed E-state index contributed by atoms with van der Waals surface area (Å²) in [5.74, 6) is 1.90. The summed E-state index contributed by atoms with van der Waals surface area (Å²) in [6.07, 6.45) is 11.1. The molecule has 25 heavy (non-hydrogen) atoms. The molecule has 4 nitrogen and oxygen atoms in total. The van der Waals surface area contributed by atoms with E-state index in [9.17, 15) is 0 Å². The molecule has 2 aromatic rings. The van der Waals surface area contributed by atoms with Gasteiger partial charge in [-0.3, -0.25) is 10.7 Å². The van der Waals surface area contributed by atoms with Crippen molar-refractivity contribution in [2.45, 2.75) is 52.4 Å². The molecule has 2 N–H and O–H groups in total. The minimum Gasteiger partial charge on any atom is -0.331 e. The number of imidazole rings is 1. The fourth-order valence-corrected chi connectivity index (χ4v) is 3.09. The number of hydrogen-bond donors (Lipinski definition) is 2. The zero-order valence-corrected chi connectivity index (χ0v) is 15.8. The van der Waals surface area contributed by atoms with Gasteiger partial charge in [-0.05, 0) is 36.1 Å². The second kappa shape index (κ2) is 9.42. The Hall–Kier alpha value is -2.07. The molecule has 1 atom stereocenters. The fourth-order valence-electron chi connectivity index (χ4n) is 3.09. The van der Waals surface area contributed by atoms with Crippen LogP contribution in [0.15, 0.2) is 36.6 Å². The highest BCUT2D eigenvalue weighted by Crippen LogP contribution is 2.21. The third-order valence-corrected chi connectivity index (χ3v) is 4.78. The molecule has 2 rings (SSSR count). The monoisotopic (exact) mass is 341 g/mol. The maximum atomic E-state index is 8.78. The third-order valence-electron chi connectivity index (χ3n) is 4.78. The van der Waals surface area contributed by atoms with Crippen molar-refractivity contribution in [1.29, 1.82) is 0 Å². The van der Waals surface area contributed by atoms with Gasteiger partial charge in [-0.2, -0.15) is 0 Å². The molecule has 0 aliphatic carbocycles. The number of allylic oxidation sites excluding steroid dienone is 1. The zero-order valence-electron chi connectivity index (χ0n) is 15.8. The Balaban J connectivity index is 2.05. The predicted octanol–water partition coefficient (Wildman–Crippen LogP) is 5.23. The molecule has 1 aromatic carbocycles. The van der Waals surface area contributed by atoms with Crippen molar-refractivity contribution in [3.63, 3.8) is 0 Å². The molecule has 1 heterocycles. The van der Waals surface area contributed by atoms with Gasteiger partial charge in [0.25, 0.3) is 0 Å². The molecule has 0 bridgehead atoms. The summed E-state index contributed by atoms with van der Waals surface area (Å²) in [4.78, 5) is 4.83. The van der Waals surface area contributed by atoms with Crippen LogP contribution in [0.1, 0.15) is 57.3 Å². The summed E-state index contributed by atoms with van der Waals surface area (Å²) in [7, 11) is 2.10. The molecule has 0 spiro atoms. The number of hydrogen-bond acceptors (Lipinski definition) is 3. The van der Waals surface area contributed by atoms with E-state index in [4.69, 9.17) is 10.2 Å². The molecular weight excluding hydrogens is 310 g/mol. The maximum absolute atomic E-state index is 8.78. The summed E-state index contributed by atoms with van der Waals surface area (Å²) in [6.45, 7) is 8.27. The third kappa shape index (κ3) is 5.46. The Morgan fingerprint density at radius 2 is 2.16 bits per heavy atom. The van der Waals surface area contributed by atoms with Crippen LogP contribution in [0.4, 0.5) is 0 Å². The average molecular weight is 341 g/mol. The van der Waals surface area contributed by atoms with Crippen LogP contribution in [-0.4, -0.2) is 14.8 Å². The number of hydroxylamine groups is 1. The van der Waals surface area contributed by atoms with E-state index >= 15 is 0 Å². The molecule has 0 saturated heterocycles. The van der Waals surface area contributed by atoms with Gasteiger partial charge in [0, 0.05) is 13.5 Å². The summed E-state index contributed by atoms with van der Waals surface area (Å²) in [5.41, 5.74) is 5.70. The molecule has 0 amide bonds. The predicted molar refractivity (Wildman–Crippen MR) is 105 cm³/mol. The van der Waals surface area contributed by atoms with Crippen LogP contribution in [0.3, 0.4) is 0 Å². The topological polar surface area (TPSA) is 50.1 Å². The van der Waals surface area contributed by atoms with Gasteiger partial charge in [0.05, 0.1) is 16.7 Å². The van der Waals surface area contributed by atoms with E-state index in [1.54, 1.807) is 6.08 Å². The quantitative estimate of drug-likeness (QED) is 0.353.